The van der Waals surface area contributed by atoms with Crippen LogP contribution in [0, 0.1) is 17.8 Å². The Bertz CT molecular complexity index is 255. The molecule has 0 aliphatic carbocycles. The summed E-state index contributed by atoms with van der Waals surface area (Å²) in [5.74, 6) is 2.41. The predicted octanol–water partition coefficient (Wildman–Crippen LogP) is 0.841. The van der Waals surface area contributed by atoms with Gasteiger partial charge in [0.2, 0.25) is 5.91 Å². The molecule has 0 aliphatic heterocycles. The van der Waals surface area contributed by atoms with E-state index in [0.717, 1.165) is 0 Å². The Kier molecular flexibility index (Phi) is 3.73. The van der Waals surface area contributed by atoms with Gasteiger partial charge in [0, 0.05) is 12.6 Å². The number of carbonyl (C=O) groups is 1. The smallest absolute Gasteiger partial charge is 0.230 e. The number of nitrogens with zero attached hydrogens (tertiary/aromatic N) is 1. The van der Waals surface area contributed by atoms with Gasteiger partial charge >= 0.3 is 0 Å². The van der Waals surface area contributed by atoms with E-state index < -0.39 is 11.0 Å². The van der Waals surface area contributed by atoms with Gasteiger partial charge in [0.15, 0.2) is 0 Å². The highest BCUT2D eigenvalue weighted by molar-refractivity contribution is 5.83. The molecule has 0 atom stereocenters. The highest BCUT2D eigenvalue weighted by atomic mass is 16.2. The van der Waals surface area contributed by atoms with Gasteiger partial charge < -0.3 is 10.6 Å². The molecule has 2 N–H and O–H groups in total. The number of hydrogen-bond acceptors (Lipinski definition) is 2. The third-order valence-electron chi connectivity index (χ3n) is 2.82. The summed E-state index contributed by atoms with van der Waals surface area (Å²) in [6.07, 6.45) is 5.14. The van der Waals surface area contributed by atoms with Crippen molar-refractivity contribution in [2.45, 2.75) is 33.2 Å². The van der Waals surface area contributed by atoms with Gasteiger partial charge in [-0.2, -0.15) is 0 Å². The molecule has 0 aromatic carbocycles. The van der Waals surface area contributed by atoms with E-state index in [2.05, 4.69) is 5.92 Å². The zero-order valence-electron chi connectivity index (χ0n) is 9.72. The van der Waals surface area contributed by atoms with Gasteiger partial charge in [-0.25, -0.2) is 0 Å². The Morgan fingerprint density at radius 3 is 2.14 bits per heavy atom. The van der Waals surface area contributed by atoms with Crippen molar-refractivity contribution in [1.82, 2.24) is 4.90 Å². The molecule has 0 saturated heterocycles. The molecule has 0 unspecified atom stereocenters. The Morgan fingerprint density at radius 1 is 1.43 bits per heavy atom. The molecule has 0 aliphatic rings. The molecule has 0 aromatic heterocycles. The lowest BCUT2D eigenvalue weighted by molar-refractivity contribution is -0.141. The molecular weight excluding hydrogens is 176 g/mol. The van der Waals surface area contributed by atoms with Gasteiger partial charge in [-0.1, -0.05) is 5.92 Å². The first kappa shape index (κ1) is 13.0. The maximum Gasteiger partial charge on any atom is 0.230 e. The summed E-state index contributed by atoms with van der Waals surface area (Å²) in [5, 5.41) is 0. The second kappa shape index (κ2) is 4.02. The van der Waals surface area contributed by atoms with Crippen LogP contribution >= 0.6 is 0 Å². The first-order chi connectivity index (χ1) is 6.14. The van der Waals surface area contributed by atoms with Crippen LogP contribution in [-0.2, 0) is 4.79 Å². The first-order valence-corrected chi connectivity index (χ1v) is 4.62. The second-order valence-electron chi connectivity index (χ2n) is 4.71. The molecule has 0 fully saturated rings. The third-order valence-corrected chi connectivity index (χ3v) is 2.82. The van der Waals surface area contributed by atoms with Crippen LogP contribution in [0.25, 0.3) is 0 Å². The number of rotatable bonds is 3. The minimum Gasteiger partial charge on any atom is -0.334 e. The SMILES string of the molecule is C#CCN(C)C(=O)C(C)(C)C(C)(C)N. The zero-order valence-corrected chi connectivity index (χ0v) is 9.72. The molecule has 1 amide bonds. The van der Waals surface area contributed by atoms with Crippen molar-refractivity contribution < 1.29 is 4.79 Å². The van der Waals surface area contributed by atoms with Gasteiger partial charge in [0.05, 0.1) is 12.0 Å². The largest absolute Gasteiger partial charge is 0.334 e. The standard InChI is InChI=1S/C11H20N2O/c1-7-8-13(6)9(14)10(2,3)11(4,5)12/h1H,8,12H2,2-6H3. The lowest BCUT2D eigenvalue weighted by atomic mass is 9.74. The van der Waals surface area contributed by atoms with E-state index in [9.17, 15) is 4.79 Å². The molecule has 0 saturated carbocycles. The highest BCUT2D eigenvalue weighted by Gasteiger charge is 2.41. The fraction of sp³-hybridized carbons (Fsp3) is 0.727. The van der Waals surface area contributed by atoms with E-state index in [1.54, 1.807) is 7.05 Å². The number of hydrogen-bond donors (Lipinski definition) is 1. The van der Waals surface area contributed by atoms with Crippen LogP contribution in [0.15, 0.2) is 0 Å². The molecule has 0 aromatic rings. The third kappa shape index (κ3) is 2.49. The normalized spacial score (nSPS) is 12.1. The summed E-state index contributed by atoms with van der Waals surface area (Å²) in [7, 11) is 1.69. The van der Waals surface area contributed by atoms with Crippen LogP contribution in [-0.4, -0.2) is 29.9 Å². The van der Waals surface area contributed by atoms with E-state index in [4.69, 9.17) is 12.2 Å². The highest BCUT2D eigenvalue weighted by Crippen LogP contribution is 2.29. The first-order valence-electron chi connectivity index (χ1n) is 4.62. The van der Waals surface area contributed by atoms with Crippen LogP contribution in [0.2, 0.25) is 0 Å². The summed E-state index contributed by atoms with van der Waals surface area (Å²) in [4.78, 5) is 13.5. The average Bonchev–Trinajstić information content (AvgIpc) is 2.01. The van der Waals surface area contributed by atoms with Crippen LogP contribution in [0.1, 0.15) is 27.7 Å². The molecule has 14 heavy (non-hydrogen) atoms. The average molecular weight is 196 g/mol. The van der Waals surface area contributed by atoms with Crippen molar-refractivity contribution in [3.8, 4) is 12.3 Å². The summed E-state index contributed by atoms with van der Waals surface area (Å²) < 4.78 is 0. The minimum absolute atomic E-state index is 0.0250. The van der Waals surface area contributed by atoms with Gasteiger partial charge in [0.1, 0.15) is 0 Å². The van der Waals surface area contributed by atoms with Gasteiger partial charge in [0.25, 0.3) is 0 Å². The van der Waals surface area contributed by atoms with Crippen LogP contribution < -0.4 is 5.73 Å². The quantitative estimate of drug-likeness (QED) is 0.680. The van der Waals surface area contributed by atoms with Gasteiger partial charge in [-0.3, -0.25) is 4.79 Å². The van der Waals surface area contributed by atoms with E-state index >= 15 is 0 Å². The van der Waals surface area contributed by atoms with Crippen molar-refractivity contribution >= 4 is 5.91 Å². The van der Waals surface area contributed by atoms with Gasteiger partial charge in [-0.05, 0) is 27.7 Å². The Labute approximate surface area is 86.6 Å². The number of carbonyl (C=O) groups excluding carboxylic acids is 1. The second-order valence-corrected chi connectivity index (χ2v) is 4.71. The molecule has 3 heteroatoms. The van der Waals surface area contributed by atoms with E-state index in [0.29, 0.717) is 6.54 Å². The van der Waals surface area contributed by atoms with Crippen molar-refractivity contribution in [2.75, 3.05) is 13.6 Å². The van der Waals surface area contributed by atoms with E-state index in [-0.39, 0.29) is 5.91 Å². The number of terminal acetylenes is 1. The molecule has 0 radical (unpaired) electrons. The molecular formula is C11H20N2O. The van der Waals surface area contributed by atoms with Gasteiger partial charge in [-0.15, -0.1) is 6.42 Å². The molecule has 0 spiro atoms. The summed E-state index contributed by atoms with van der Waals surface area (Å²) in [5.41, 5.74) is 4.77. The monoisotopic (exact) mass is 196 g/mol. The predicted molar refractivity (Wildman–Crippen MR) is 58.5 cm³/mol. The Morgan fingerprint density at radius 2 is 1.86 bits per heavy atom. The summed E-state index contributed by atoms with van der Waals surface area (Å²) >= 11 is 0. The number of amides is 1. The molecule has 3 nitrogen and oxygen atoms in total. The zero-order chi connectivity index (χ0) is 11.6. The van der Waals surface area contributed by atoms with Crippen molar-refractivity contribution in [2.24, 2.45) is 11.1 Å². The molecule has 0 bridgehead atoms. The lowest BCUT2D eigenvalue weighted by Gasteiger charge is -2.39. The van der Waals surface area contributed by atoms with E-state index in [1.165, 1.54) is 4.90 Å². The van der Waals surface area contributed by atoms with Crippen LogP contribution in [0.4, 0.5) is 0 Å². The summed E-state index contributed by atoms with van der Waals surface area (Å²) in [6.45, 7) is 7.67. The van der Waals surface area contributed by atoms with Crippen LogP contribution in [0.3, 0.4) is 0 Å². The molecule has 0 rings (SSSR count). The maximum absolute atomic E-state index is 12.0. The van der Waals surface area contributed by atoms with E-state index in [1.807, 2.05) is 27.7 Å². The molecule has 80 valence electrons. The topological polar surface area (TPSA) is 46.3 Å². The number of nitrogens with two attached hydrogens (primary N) is 1. The summed E-state index contributed by atoms with van der Waals surface area (Å²) in [6, 6.07) is 0. The fourth-order valence-electron chi connectivity index (χ4n) is 0.961. The van der Waals surface area contributed by atoms with Crippen molar-refractivity contribution in [1.29, 1.82) is 0 Å². The van der Waals surface area contributed by atoms with Crippen LogP contribution in [0.5, 0.6) is 0 Å². The maximum atomic E-state index is 12.0. The van der Waals surface area contributed by atoms with Crippen molar-refractivity contribution in [3.63, 3.8) is 0 Å². The minimum atomic E-state index is -0.612. The fourth-order valence-corrected chi connectivity index (χ4v) is 0.961. The van der Waals surface area contributed by atoms with Crippen molar-refractivity contribution in [3.05, 3.63) is 0 Å². The Balaban J connectivity index is 4.78. The Hall–Kier alpha value is -1.01. The molecule has 0 heterocycles. The lowest BCUT2D eigenvalue weighted by Crippen LogP contribution is -2.55.